The molecule has 1 atom stereocenters. The largest absolute Gasteiger partial charge is 0.450 e. The molecule has 15 heavy (non-hydrogen) atoms. The number of ketones is 2. The molecule has 0 aliphatic rings. The Bertz CT molecular complexity index is 250. The van der Waals surface area contributed by atoms with Gasteiger partial charge in [0, 0.05) is 6.42 Å². The lowest BCUT2D eigenvalue weighted by Crippen LogP contribution is -2.41. The molecule has 0 radical (unpaired) electrons. The first-order chi connectivity index (χ1) is 6.97. The third-order valence-electron chi connectivity index (χ3n) is 1.71. The van der Waals surface area contributed by atoms with Crippen LogP contribution in [0.1, 0.15) is 33.6 Å². The molecule has 0 fully saturated rings. The van der Waals surface area contributed by atoms with Crippen LogP contribution in [0, 0.1) is 0 Å². The standard InChI is InChI=1S/C10H17NO4/c1-4-5-15-10(14)11-9(8(3)13)6-7(2)12/h9H,4-6H2,1-3H3,(H,11,14). The van der Waals surface area contributed by atoms with Crippen molar-refractivity contribution in [3.63, 3.8) is 0 Å². The molecule has 5 nitrogen and oxygen atoms in total. The molecule has 0 rings (SSSR count). The second-order valence-corrected chi connectivity index (χ2v) is 3.35. The molecule has 1 amide bonds. The zero-order valence-electron chi connectivity index (χ0n) is 9.33. The lowest BCUT2D eigenvalue weighted by molar-refractivity contribution is -0.123. The molecule has 0 aromatic rings. The third kappa shape index (κ3) is 6.65. The van der Waals surface area contributed by atoms with Crippen molar-refractivity contribution in [2.75, 3.05) is 6.61 Å². The summed E-state index contributed by atoms with van der Waals surface area (Å²) in [4.78, 5) is 33.0. The zero-order valence-corrected chi connectivity index (χ0v) is 9.33. The number of ether oxygens (including phenoxy) is 1. The van der Waals surface area contributed by atoms with Crippen LogP contribution >= 0.6 is 0 Å². The summed E-state index contributed by atoms with van der Waals surface area (Å²) in [7, 11) is 0. The van der Waals surface area contributed by atoms with Crippen LogP contribution < -0.4 is 5.32 Å². The van der Waals surface area contributed by atoms with Gasteiger partial charge in [-0.05, 0) is 20.3 Å². The Morgan fingerprint density at radius 2 is 1.87 bits per heavy atom. The van der Waals surface area contributed by atoms with E-state index >= 15 is 0 Å². The maximum absolute atomic E-state index is 11.1. The molecule has 1 N–H and O–H groups in total. The van der Waals surface area contributed by atoms with Crippen molar-refractivity contribution in [3.8, 4) is 0 Å². The highest BCUT2D eigenvalue weighted by Gasteiger charge is 2.19. The number of Topliss-reactive ketones (excluding diaryl/α,β-unsaturated/α-hetero) is 2. The van der Waals surface area contributed by atoms with Gasteiger partial charge in [0.05, 0.1) is 12.6 Å². The van der Waals surface area contributed by atoms with E-state index in [4.69, 9.17) is 4.74 Å². The Hall–Kier alpha value is -1.39. The molecular weight excluding hydrogens is 198 g/mol. The Balaban J connectivity index is 4.10. The van der Waals surface area contributed by atoms with Crippen LogP contribution in [0.4, 0.5) is 4.79 Å². The van der Waals surface area contributed by atoms with E-state index in [9.17, 15) is 14.4 Å². The number of hydrogen-bond acceptors (Lipinski definition) is 4. The first kappa shape index (κ1) is 13.6. The summed E-state index contributed by atoms with van der Waals surface area (Å²) in [6.45, 7) is 4.87. The molecule has 0 aliphatic heterocycles. The van der Waals surface area contributed by atoms with Crippen LogP contribution in [-0.2, 0) is 14.3 Å². The topological polar surface area (TPSA) is 72.5 Å². The van der Waals surface area contributed by atoms with Crippen LogP contribution in [0.3, 0.4) is 0 Å². The molecule has 0 heterocycles. The van der Waals surface area contributed by atoms with Crippen LogP contribution in [0.5, 0.6) is 0 Å². The molecule has 0 aliphatic carbocycles. The van der Waals surface area contributed by atoms with Gasteiger partial charge in [0.15, 0.2) is 5.78 Å². The van der Waals surface area contributed by atoms with Gasteiger partial charge in [-0.25, -0.2) is 4.79 Å². The number of hydrogen-bond donors (Lipinski definition) is 1. The third-order valence-corrected chi connectivity index (χ3v) is 1.71. The zero-order chi connectivity index (χ0) is 11.8. The molecule has 0 saturated carbocycles. The normalized spacial score (nSPS) is 11.7. The van der Waals surface area contributed by atoms with Gasteiger partial charge in [0.25, 0.3) is 0 Å². The molecule has 5 heteroatoms. The van der Waals surface area contributed by atoms with Gasteiger partial charge in [0.2, 0.25) is 0 Å². The van der Waals surface area contributed by atoms with Gasteiger partial charge in [-0.2, -0.15) is 0 Å². The number of alkyl carbamates (subject to hydrolysis) is 1. The summed E-state index contributed by atoms with van der Waals surface area (Å²) >= 11 is 0. The maximum Gasteiger partial charge on any atom is 0.407 e. The second kappa shape index (κ2) is 6.98. The summed E-state index contributed by atoms with van der Waals surface area (Å²) in [6.07, 6.45) is 0.0693. The minimum Gasteiger partial charge on any atom is -0.450 e. The van der Waals surface area contributed by atoms with Crippen molar-refractivity contribution in [1.82, 2.24) is 5.32 Å². The molecule has 0 saturated heterocycles. The van der Waals surface area contributed by atoms with Gasteiger partial charge in [-0.3, -0.25) is 9.59 Å². The van der Waals surface area contributed by atoms with Crippen LogP contribution in [0.2, 0.25) is 0 Å². The number of carbonyl (C=O) groups is 3. The van der Waals surface area contributed by atoms with Gasteiger partial charge in [-0.1, -0.05) is 6.92 Å². The SMILES string of the molecule is CCCOC(=O)NC(CC(C)=O)C(C)=O. The summed E-state index contributed by atoms with van der Waals surface area (Å²) in [5.74, 6) is -0.398. The number of amides is 1. The first-order valence-electron chi connectivity index (χ1n) is 4.90. The molecule has 0 aromatic heterocycles. The highest BCUT2D eigenvalue weighted by atomic mass is 16.5. The Morgan fingerprint density at radius 1 is 1.27 bits per heavy atom. The minimum absolute atomic E-state index is 0.0105. The van der Waals surface area contributed by atoms with Crippen LogP contribution in [-0.4, -0.2) is 30.3 Å². The molecule has 0 spiro atoms. The monoisotopic (exact) mass is 215 g/mol. The van der Waals surface area contributed by atoms with E-state index < -0.39 is 12.1 Å². The van der Waals surface area contributed by atoms with Gasteiger partial charge >= 0.3 is 6.09 Å². The number of rotatable bonds is 6. The first-order valence-corrected chi connectivity index (χ1v) is 4.90. The van der Waals surface area contributed by atoms with Crippen molar-refractivity contribution in [3.05, 3.63) is 0 Å². The van der Waals surface area contributed by atoms with E-state index in [0.29, 0.717) is 13.0 Å². The quantitative estimate of drug-likeness (QED) is 0.719. The fourth-order valence-corrected chi connectivity index (χ4v) is 0.963. The Labute approximate surface area is 89.2 Å². The van der Waals surface area contributed by atoms with Crippen molar-refractivity contribution >= 4 is 17.7 Å². The lowest BCUT2D eigenvalue weighted by atomic mass is 10.1. The molecule has 86 valence electrons. The van der Waals surface area contributed by atoms with E-state index in [2.05, 4.69) is 5.32 Å². The molecular formula is C10H17NO4. The van der Waals surface area contributed by atoms with E-state index in [1.807, 2.05) is 6.92 Å². The van der Waals surface area contributed by atoms with Crippen molar-refractivity contribution in [1.29, 1.82) is 0 Å². The predicted octanol–water partition coefficient (Wildman–Crippen LogP) is 1.06. The van der Waals surface area contributed by atoms with Crippen molar-refractivity contribution in [2.24, 2.45) is 0 Å². The number of carbonyl (C=O) groups excluding carboxylic acids is 3. The Morgan fingerprint density at radius 3 is 2.27 bits per heavy atom. The average Bonchev–Trinajstić information content (AvgIpc) is 2.12. The molecule has 0 bridgehead atoms. The van der Waals surface area contributed by atoms with Gasteiger partial charge in [-0.15, -0.1) is 0 Å². The average molecular weight is 215 g/mol. The number of nitrogens with one attached hydrogen (secondary N) is 1. The predicted molar refractivity (Wildman–Crippen MR) is 54.5 cm³/mol. The van der Waals surface area contributed by atoms with E-state index in [0.717, 1.165) is 0 Å². The highest BCUT2D eigenvalue weighted by Crippen LogP contribution is 1.96. The fourth-order valence-electron chi connectivity index (χ4n) is 0.963. The summed E-state index contributed by atoms with van der Waals surface area (Å²) in [6, 6.07) is -0.771. The highest BCUT2D eigenvalue weighted by molar-refractivity contribution is 5.90. The summed E-state index contributed by atoms with van der Waals surface area (Å²) in [5, 5.41) is 2.35. The molecule has 1 unspecified atom stereocenters. The van der Waals surface area contributed by atoms with Crippen molar-refractivity contribution in [2.45, 2.75) is 39.7 Å². The second-order valence-electron chi connectivity index (χ2n) is 3.35. The maximum atomic E-state index is 11.1. The van der Waals surface area contributed by atoms with Crippen LogP contribution in [0.25, 0.3) is 0 Å². The summed E-state index contributed by atoms with van der Waals surface area (Å²) < 4.78 is 4.74. The van der Waals surface area contributed by atoms with Crippen LogP contribution in [0.15, 0.2) is 0 Å². The van der Waals surface area contributed by atoms with E-state index in [1.54, 1.807) is 0 Å². The Kier molecular flexibility index (Phi) is 6.33. The molecule has 0 aromatic carbocycles. The lowest BCUT2D eigenvalue weighted by Gasteiger charge is -2.13. The summed E-state index contributed by atoms with van der Waals surface area (Å²) in [5.41, 5.74) is 0. The van der Waals surface area contributed by atoms with Gasteiger partial charge in [0.1, 0.15) is 5.78 Å². The van der Waals surface area contributed by atoms with Crippen molar-refractivity contribution < 1.29 is 19.1 Å². The minimum atomic E-state index is -0.771. The van der Waals surface area contributed by atoms with E-state index in [1.165, 1.54) is 13.8 Å². The van der Waals surface area contributed by atoms with Gasteiger partial charge < -0.3 is 10.1 Å². The fraction of sp³-hybridized carbons (Fsp3) is 0.700. The smallest absolute Gasteiger partial charge is 0.407 e. The van der Waals surface area contributed by atoms with E-state index in [-0.39, 0.29) is 18.0 Å².